The number of halogens is 3. The van der Waals surface area contributed by atoms with Crippen molar-refractivity contribution < 1.29 is 22.7 Å². The normalized spacial score (nSPS) is 22.1. The Kier molecular flexibility index (Phi) is 6.29. The second-order valence-electron chi connectivity index (χ2n) is 8.65. The molecule has 0 spiro atoms. The van der Waals surface area contributed by atoms with Crippen LogP contribution >= 0.6 is 0 Å². The third kappa shape index (κ3) is 4.67. The number of nitrogens with zero attached hydrogens (tertiary/aromatic N) is 3. The van der Waals surface area contributed by atoms with E-state index in [0.717, 1.165) is 23.5 Å². The summed E-state index contributed by atoms with van der Waals surface area (Å²) in [6.07, 6.45) is -2.32. The first-order chi connectivity index (χ1) is 14.4. The summed E-state index contributed by atoms with van der Waals surface area (Å²) in [6, 6.07) is 1.64. The molecule has 170 valence electrons. The molecule has 2 aromatic rings. The molecule has 3 atom stereocenters. The molecular weight excluding hydrogens is 415 g/mol. The van der Waals surface area contributed by atoms with Crippen molar-refractivity contribution in [3.8, 4) is 0 Å². The number of ether oxygens (including phenoxy) is 1. The van der Waals surface area contributed by atoms with Gasteiger partial charge >= 0.3 is 17.8 Å². The molecule has 31 heavy (non-hydrogen) atoms. The summed E-state index contributed by atoms with van der Waals surface area (Å²) in [5.41, 5.74) is -3.42. The summed E-state index contributed by atoms with van der Waals surface area (Å²) in [4.78, 5) is 41.4. The van der Waals surface area contributed by atoms with Gasteiger partial charge in [-0.05, 0) is 42.7 Å². The number of carbonyl (C=O) groups is 1. The first-order valence-corrected chi connectivity index (χ1v) is 10.3. The Morgan fingerprint density at radius 2 is 1.94 bits per heavy atom. The number of rotatable bonds is 4. The van der Waals surface area contributed by atoms with Crippen LogP contribution in [0.15, 0.2) is 21.7 Å². The van der Waals surface area contributed by atoms with Crippen LogP contribution in [0.3, 0.4) is 0 Å². The standard InChI is InChI=1S/C21H26F3N3O4/c1-11(2)13-6-5-12(3)9-15(13)31-17(28)10-27-19(29)14-7-8-16(21(22,23)24)25-18(14)26(4)20(27)30/h7-8,11-13,15H,5-6,9-10H2,1-4H3/t12-,13+,15-/m1/s1. The van der Waals surface area contributed by atoms with Crippen molar-refractivity contribution in [3.05, 3.63) is 38.7 Å². The molecule has 1 aliphatic carbocycles. The van der Waals surface area contributed by atoms with Crippen molar-refractivity contribution in [2.24, 2.45) is 24.8 Å². The quantitative estimate of drug-likeness (QED) is 0.681. The number of pyridine rings is 1. The van der Waals surface area contributed by atoms with Crippen LogP contribution in [0.25, 0.3) is 11.0 Å². The minimum atomic E-state index is -4.72. The smallest absolute Gasteiger partial charge is 0.433 e. The van der Waals surface area contributed by atoms with Gasteiger partial charge in [0.25, 0.3) is 5.56 Å². The molecule has 0 amide bonds. The van der Waals surface area contributed by atoms with E-state index < -0.39 is 41.3 Å². The van der Waals surface area contributed by atoms with Gasteiger partial charge in [0, 0.05) is 7.05 Å². The van der Waals surface area contributed by atoms with E-state index in [1.807, 2.05) is 0 Å². The number of alkyl halides is 3. The van der Waals surface area contributed by atoms with Crippen molar-refractivity contribution in [2.45, 2.75) is 58.9 Å². The van der Waals surface area contributed by atoms with Crippen LogP contribution in [0.4, 0.5) is 13.2 Å². The number of hydrogen-bond acceptors (Lipinski definition) is 5. The zero-order chi connectivity index (χ0) is 23.1. The minimum Gasteiger partial charge on any atom is -0.461 e. The van der Waals surface area contributed by atoms with E-state index in [0.29, 0.717) is 28.9 Å². The zero-order valence-corrected chi connectivity index (χ0v) is 17.9. The summed E-state index contributed by atoms with van der Waals surface area (Å²) in [5, 5.41) is -0.186. The molecule has 0 unspecified atom stereocenters. The molecule has 3 rings (SSSR count). The molecule has 0 bridgehead atoms. The van der Waals surface area contributed by atoms with Gasteiger partial charge in [0.1, 0.15) is 24.0 Å². The number of hydrogen-bond donors (Lipinski definition) is 0. The van der Waals surface area contributed by atoms with Crippen molar-refractivity contribution in [3.63, 3.8) is 0 Å². The summed E-state index contributed by atoms with van der Waals surface area (Å²) in [7, 11) is 1.21. The Hall–Kier alpha value is -2.65. The summed E-state index contributed by atoms with van der Waals surface area (Å²) >= 11 is 0. The zero-order valence-electron chi connectivity index (χ0n) is 17.9. The van der Waals surface area contributed by atoms with Crippen LogP contribution in [-0.4, -0.2) is 26.2 Å². The third-order valence-corrected chi connectivity index (χ3v) is 6.01. The second kappa shape index (κ2) is 8.47. The molecule has 2 aromatic heterocycles. The Labute approximate surface area is 176 Å². The van der Waals surface area contributed by atoms with E-state index >= 15 is 0 Å². The molecule has 1 saturated carbocycles. The van der Waals surface area contributed by atoms with E-state index in [4.69, 9.17) is 4.74 Å². The van der Waals surface area contributed by atoms with Crippen LogP contribution in [0, 0.1) is 17.8 Å². The lowest BCUT2D eigenvalue weighted by molar-refractivity contribution is -0.156. The van der Waals surface area contributed by atoms with E-state index in [-0.39, 0.29) is 17.4 Å². The van der Waals surface area contributed by atoms with Crippen molar-refractivity contribution in [1.29, 1.82) is 0 Å². The lowest BCUT2D eigenvalue weighted by Gasteiger charge is -2.36. The highest BCUT2D eigenvalue weighted by molar-refractivity contribution is 5.75. The predicted molar refractivity (Wildman–Crippen MR) is 107 cm³/mol. The van der Waals surface area contributed by atoms with Gasteiger partial charge < -0.3 is 4.74 Å². The van der Waals surface area contributed by atoms with E-state index in [1.165, 1.54) is 7.05 Å². The Bertz CT molecular complexity index is 1100. The SMILES string of the molecule is CC(C)[C@@H]1CC[C@@H](C)C[C@H]1OC(=O)Cn1c(=O)c2ccc(C(F)(F)F)nc2n(C)c1=O. The average molecular weight is 441 g/mol. The van der Waals surface area contributed by atoms with Crippen LogP contribution in [0.5, 0.6) is 0 Å². The Morgan fingerprint density at radius 3 is 2.55 bits per heavy atom. The minimum absolute atomic E-state index is 0.186. The summed E-state index contributed by atoms with van der Waals surface area (Å²) in [5.74, 6) is 0.192. The van der Waals surface area contributed by atoms with Crippen molar-refractivity contribution >= 4 is 17.0 Å². The highest BCUT2D eigenvalue weighted by Crippen LogP contribution is 2.35. The number of aromatic nitrogens is 3. The summed E-state index contributed by atoms with van der Waals surface area (Å²) in [6.45, 7) is 5.60. The summed E-state index contributed by atoms with van der Waals surface area (Å²) < 4.78 is 46.0. The predicted octanol–water partition coefficient (Wildman–Crippen LogP) is 3.12. The Balaban J connectivity index is 1.92. The fourth-order valence-electron chi connectivity index (χ4n) is 4.26. The maximum Gasteiger partial charge on any atom is 0.433 e. The molecule has 0 aromatic carbocycles. The fraction of sp³-hybridized carbons (Fsp3) is 0.619. The van der Waals surface area contributed by atoms with Gasteiger partial charge in [-0.1, -0.05) is 27.2 Å². The van der Waals surface area contributed by atoms with Gasteiger partial charge in [-0.2, -0.15) is 13.2 Å². The van der Waals surface area contributed by atoms with Gasteiger partial charge in [-0.25, -0.2) is 14.3 Å². The molecule has 1 aliphatic rings. The van der Waals surface area contributed by atoms with Crippen molar-refractivity contribution in [2.75, 3.05) is 0 Å². The molecule has 10 heteroatoms. The number of esters is 1. The van der Waals surface area contributed by atoms with Crippen LogP contribution in [0.2, 0.25) is 0 Å². The highest BCUT2D eigenvalue weighted by atomic mass is 19.4. The second-order valence-corrected chi connectivity index (χ2v) is 8.65. The largest absolute Gasteiger partial charge is 0.461 e. The van der Waals surface area contributed by atoms with Crippen LogP contribution < -0.4 is 11.2 Å². The van der Waals surface area contributed by atoms with Crippen molar-refractivity contribution in [1.82, 2.24) is 14.1 Å². The fourth-order valence-corrected chi connectivity index (χ4v) is 4.26. The van der Waals surface area contributed by atoms with Gasteiger partial charge in [0.05, 0.1) is 5.39 Å². The number of carbonyl (C=O) groups excluding carboxylic acids is 1. The number of aryl methyl sites for hydroxylation is 1. The highest BCUT2D eigenvalue weighted by Gasteiger charge is 2.34. The average Bonchev–Trinajstić information content (AvgIpc) is 2.68. The molecular formula is C21H26F3N3O4. The third-order valence-electron chi connectivity index (χ3n) is 6.01. The van der Waals surface area contributed by atoms with Gasteiger partial charge in [0.15, 0.2) is 0 Å². The van der Waals surface area contributed by atoms with Gasteiger partial charge in [-0.15, -0.1) is 0 Å². The molecule has 0 N–H and O–H groups in total. The monoisotopic (exact) mass is 441 g/mol. The lowest BCUT2D eigenvalue weighted by Crippen LogP contribution is -2.43. The topological polar surface area (TPSA) is 83.2 Å². The molecule has 0 radical (unpaired) electrons. The van der Waals surface area contributed by atoms with Crippen LogP contribution in [0.1, 0.15) is 45.7 Å². The van der Waals surface area contributed by atoms with E-state index in [2.05, 4.69) is 25.8 Å². The molecule has 0 saturated heterocycles. The maximum absolute atomic E-state index is 12.9. The van der Waals surface area contributed by atoms with Gasteiger partial charge in [-0.3, -0.25) is 14.2 Å². The lowest BCUT2D eigenvalue weighted by atomic mass is 9.75. The first kappa shape index (κ1) is 23.0. The Morgan fingerprint density at radius 1 is 1.26 bits per heavy atom. The van der Waals surface area contributed by atoms with Gasteiger partial charge in [0.2, 0.25) is 0 Å². The van der Waals surface area contributed by atoms with E-state index in [1.54, 1.807) is 0 Å². The molecule has 1 fully saturated rings. The molecule has 0 aliphatic heterocycles. The molecule has 2 heterocycles. The first-order valence-electron chi connectivity index (χ1n) is 10.3. The van der Waals surface area contributed by atoms with E-state index in [9.17, 15) is 27.6 Å². The molecule has 7 nitrogen and oxygen atoms in total. The number of fused-ring (bicyclic) bond motifs is 1. The van der Waals surface area contributed by atoms with Crippen LogP contribution in [-0.2, 0) is 29.3 Å². The maximum atomic E-state index is 12.9.